The predicted molar refractivity (Wildman–Crippen MR) is 83.9 cm³/mol. The largest absolute Gasteiger partial charge is 0.390 e. The highest BCUT2D eigenvalue weighted by Crippen LogP contribution is 2.36. The summed E-state index contributed by atoms with van der Waals surface area (Å²) in [6.45, 7) is 3.75. The summed E-state index contributed by atoms with van der Waals surface area (Å²) in [6.07, 6.45) is -5.38. The Morgan fingerprint density at radius 1 is 1.27 bits per heavy atom. The van der Waals surface area contributed by atoms with Crippen molar-refractivity contribution in [2.75, 3.05) is 26.2 Å². The van der Waals surface area contributed by atoms with E-state index >= 15 is 0 Å². The topological polar surface area (TPSA) is 15.3 Å². The quantitative estimate of drug-likeness (QED) is 0.758. The summed E-state index contributed by atoms with van der Waals surface area (Å²) in [6, 6.07) is 2.05. The van der Waals surface area contributed by atoms with Crippen molar-refractivity contribution in [1.29, 1.82) is 0 Å². The third-order valence-electron chi connectivity index (χ3n) is 3.62. The Morgan fingerprint density at radius 3 is 2.41 bits per heavy atom. The molecule has 0 spiro atoms. The Bertz CT molecular complexity index is 504. The van der Waals surface area contributed by atoms with Crippen LogP contribution in [-0.4, -0.2) is 37.3 Å². The van der Waals surface area contributed by atoms with Crippen molar-refractivity contribution in [3.05, 3.63) is 33.5 Å². The lowest BCUT2D eigenvalue weighted by atomic mass is 9.98. The minimum Gasteiger partial charge on any atom is -0.314 e. The lowest BCUT2D eigenvalue weighted by Crippen LogP contribution is -2.46. The van der Waals surface area contributed by atoms with E-state index in [1.54, 1.807) is 17.9 Å². The summed E-state index contributed by atoms with van der Waals surface area (Å²) in [5.41, 5.74) is 0.461. The van der Waals surface area contributed by atoms with E-state index in [1.165, 1.54) is 6.07 Å². The van der Waals surface area contributed by atoms with Gasteiger partial charge in [0.25, 0.3) is 0 Å². The molecule has 1 aromatic carbocycles. The summed E-state index contributed by atoms with van der Waals surface area (Å²) in [7, 11) is 0. The maximum atomic E-state index is 14.3. The molecule has 0 saturated carbocycles. The van der Waals surface area contributed by atoms with E-state index < -0.39 is 24.5 Å². The second-order valence-corrected chi connectivity index (χ2v) is 6.16. The Hall–Kier alpha value is -0.370. The van der Waals surface area contributed by atoms with Gasteiger partial charge in [-0.1, -0.05) is 15.9 Å². The van der Waals surface area contributed by atoms with Gasteiger partial charge in [0.1, 0.15) is 5.82 Å². The average Bonchev–Trinajstić information content (AvgIpc) is 2.40. The van der Waals surface area contributed by atoms with Gasteiger partial charge >= 0.3 is 6.18 Å². The van der Waals surface area contributed by atoms with E-state index in [0.717, 1.165) is 0 Å². The molecular formula is C14H18BrClF4N2. The monoisotopic (exact) mass is 404 g/mol. The second kappa shape index (κ2) is 7.95. The molecule has 0 bridgehead atoms. The summed E-state index contributed by atoms with van der Waals surface area (Å²) >= 11 is 3.24. The van der Waals surface area contributed by atoms with Crippen LogP contribution in [-0.2, 0) is 0 Å². The molecule has 1 fully saturated rings. The van der Waals surface area contributed by atoms with Crippen molar-refractivity contribution >= 4 is 28.3 Å². The summed E-state index contributed by atoms with van der Waals surface area (Å²) in [4.78, 5) is 1.70. The van der Waals surface area contributed by atoms with Crippen LogP contribution < -0.4 is 5.32 Å². The molecule has 1 aliphatic heterocycles. The molecule has 22 heavy (non-hydrogen) atoms. The van der Waals surface area contributed by atoms with E-state index in [1.807, 2.05) is 0 Å². The van der Waals surface area contributed by atoms with Crippen molar-refractivity contribution in [3.8, 4) is 0 Å². The second-order valence-electron chi connectivity index (χ2n) is 5.25. The van der Waals surface area contributed by atoms with Crippen molar-refractivity contribution in [2.45, 2.75) is 25.6 Å². The van der Waals surface area contributed by atoms with Gasteiger partial charge in [-0.3, -0.25) is 4.90 Å². The SMILES string of the molecule is Cc1cc(Br)cc([C@@H](CC(F)(F)F)N2CCNCC2)c1F.Cl. The van der Waals surface area contributed by atoms with Crippen molar-refractivity contribution < 1.29 is 17.6 Å². The first-order valence-corrected chi connectivity index (χ1v) is 7.54. The molecular weight excluding hydrogens is 388 g/mol. The zero-order chi connectivity index (χ0) is 15.6. The zero-order valence-electron chi connectivity index (χ0n) is 12.0. The number of halogens is 6. The average molecular weight is 406 g/mol. The first kappa shape index (κ1) is 19.7. The predicted octanol–water partition coefficient (Wildman–Crippen LogP) is 4.22. The highest BCUT2D eigenvalue weighted by atomic mass is 79.9. The van der Waals surface area contributed by atoms with Crippen LogP contribution in [0.3, 0.4) is 0 Å². The maximum absolute atomic E-state index is 14.3. The molecule has 2 nitrogen and oxygen atoms in total. The van der Waals surface area contributed by atoms with Crippen LogP contribution >= 0.6 is 28.3 Å². The zero-order valence-corrected chi connectivity index (χ0v) is 14.4. The van der Waals surface area contributed by atoms with E-state index in [0.29, 0.717) is 36.2 Å². The molecule has 0 aromatic heterocycles. The number of alkyl halides is 3. The van der Waals surface area contributed by atoms with Crippen LogP contribution in [0.15, 0.2) is 16.6 Å². The molecule has 0 radical (unpaired) electrons. The van der Waals surface area contributed by atoms with Crippen LogP contribution in [0.2, 0.25) is 0 Å². The lowest BCUT2D eigenvalue weighted by Gasteiger charge is -2.36. The van der Waals surface area contributed by atoms with E-state index in [4.69, 9.17) is 0 Å². The molecule has 1 heterocycles. The standard InChI is InChI=1S/C14H17BrF4N2.ClH/c1-9-6-10(15)7-11(13(9)16)12(8-14(17,18)19)21-4-2-20-3-5-21;/h6-7,12,20H,2-5,8H2,1H3;1H/t12-;/m1./s1. The van der Waals surface area contributed by atoms with Gasteiger partial charge in [0, 0.05) is 42.3 Å². The highest BCUT2D eigenvalue weighted by molar-refractivity contribution is 9.10. The normalized spacial score (nSPS) is 17.9. The number of rotatable bonds is 3. The van der Waals surface area contributed by atoms with Crippen LogP contribution in [0.1, 0.15) is 23.6 Å². The lowest BCUT2D eigenvalue weighted by molar-refractivity contribution is -0.149. The van der Waals surface area contributed by atoms with Gasteiger partial charge in [-0.2, -0.15) is 13.2 Å². The molecule has 8 heteroatoms. The molecule has 0 amide bonds. The minimum absolute atomic E-state index is 0. The Labute approximate surface area is 141 Å². The number of benzene rings is 1. The number of hydrogen-bond acceptors (Lipinski definition) is 2. The number of nitrogens with zero attached hydrogens (tertiary/aromatic N) is 1. The number of aryl methyl sites for hydroxylation is 1. The van der Waals surface area contributed by atoms with Crippen molar-refractivity contribution in [3.63, 3.8) is 0 Å². The Morgan fingerprint density at radius 2 is 1.86 bits per heavy atom. The van der Waals surface area contributed by atoms with Gasteiger partial charge < -0.3 is 5.32 Å². The highest BCUT2D eigenvalue weighted by Gasteiger charge is 2.37. The fraction of sp³-hybridized carbons (Fsp3) is 0.571. The minimum atomic E-state index is -4.34. The molecule has 1 N–H and O–H groups in total. The summed E-state index contributed by atoms with van der Waals surface area (Å²) in [5, 5.41) is 3.10. The number of piperazine rings is 1. The fourth-order valence-electron chi connectivity index (χ4n) is 2.64. The van der Waals surface area contributed by atoms with E-state index in [2.05, 4.69) is 21.2 Å². The molecule has 1 aromatic rings. The van der Waals surface area contributed by atoms with Gasteiger partial charge in [-0.15, -0.1) is 12.4 Å². The van der Waals surface area contributed by atoms with Gasteiger partial charge in [0.05, 0.1) is 6.42 Å². The van der Waals surface area contributed by atoms with E-state index in [9.17, 15) is 17.6 Å². The Balaban J connectivity index is 0.00000242. The summed E-state index contributed by atoms with van der Waals surface area (Å²) in [5.74, 6) is -0.550. The van der Waals surface area contributed by atoms with Gasteiger partial charge in [-0.05, 0) is 24.6 Å². The third kappa shape index (κ3) is 5.08. The van der Waals surface area contributed by atoms with Crippen LogP contribution in [0, 0.1) is 12.7 Å². The smallest absolute Gasteiger partial charge is 0.314 e. The first-order chi connectivity index (χ1) is 9.78. The molecule has 1 saturated heterocycles. The van der Waals surface area contributed by atoms with Gasteiger partial charge in [-0.25, -0.2) is 4.39 Å². The molecule has 2 rings (SSSR count). The first-order valence-electron chi connectivity index (χ1n) is 6.75. The fourth-order valence-corrected chi connectivity index (χ4v) is 3.23. The van der Waals surface area contributed by atoms with Crippen molar-refractivity contribution in [1.82, 2.24) is 10.2 Å². The third-order valence-corrected chi connectivity index (χ3v) is 4.08. The van der Waals surface area contributed by atoms with Crippen LogP contribution in [0.4, 0.5) is 17.6 Å². The maximum Gasteiger partial charge on any atom is 0.390 e. The number of nitrogens with one attached hydrogen (secondary N) is 1. The van der Waals surface area contributed by atoms with Gasteiger partial charge in [0.15, 0.2) is 0 Å². The summed E-state index contributed by atoms with van der Waals surface area (Å²) < 4.78 is 53.6. The van der Waals surface area contributed by atoms with Crippen LogP contribution in [0.25, 0.3) is 0 Å². The molecule has 1 aliphatic rings. The molecule has 126 valence electrons. The molecule has 0 aliphatic carbocycles. The number of hydrogen-bond donors (Lipinski definition) is 1. The van der Waals surface area contributed by atoms with Crippen LogP contribution in [0.5, 0.6) is 0 Å². The van der Waals surface area contributed by atoms with Gasteiger partial charge in [0.2, 0.25) is 0 Å². The molecule has 0 unspecified atom stereocenters. The Kier molecular flexibility index (Phi) is 7.11. The van der Waals surface area contributed by atoms with Crippen molar-refractivity contribution in [2.24, 2.45) is 0 Å². The molecule has 1 atom stereocenters. The van der Waals surface area contributed by atoms with E-state index in [-0.39, 0.29) is 18.0 Å².